The van der Waals surface area contributed by atoms with E-state index in [4.69, 9.17) is 0 Å². The number of pyridine rings is 2. The SMILES string of the molecule is O=C(c1ccc(-c2ccccn2)nc1)N1CCN(c2nc(-c3ccccc3)ns2)CC1. The molecular formula is C23H20N6OS. The van der Waals surface area contributed by atoms with E-state index in [2.05, 4.69) is 24.2 Å². The van der Waals surface area contributed by atoms with E-state index in [0.717, 1.165) is 41.0 Å². The van der Waals surface area contributed by atoms with Gasteiger partial charge in [0.25, 0.3) is 5.91 Å². The van der Waals surface area contributed by atoms with Gasteiger partial charge < -0.3 is 9.80 Å². The van der Waals surface area contributed by atoms with Crippen molar-refractivity contribution in [2.45, 2.75) is 0 Å². The van der Waals surface area contributed by atoms with Gasteiger partial charge in [-0.2, -0.15) is 9.36 Å². The zero-order valence-corrected chi connectivity index (χ0v) is 17.6. The lowest BCUT2D eigenvalue weighted by molar-refractivity contribution is 0.0746. The van der Waals surface area contributed by atoms with E-state index in [0.29, 0.717) is 18.7 Å². The van der Waals surface area contributed by atoms with E-state index in [1.54, 1.807) is 12.4 Å². The van der Waals surface area contributed by atoms with Gasteiger partial charge in [-0.05, 0) is 24.3 Å². The number of aromatic nitrogens is 4. The molecule has 1 fully saturated rings. The van der Waals surface area contributed by atoms with Gasteiger partial charge in [0.15, 0.2) is 5.82 Å². The molecule has 8 heteroatoms. The van der Waals surface area contributed by atoms with Crippen LogP contribution in [0.4, 0.5) is 5.13 Å². The summed E-state index contributed by atoms with van der Waals surface area (Å²) in [6.45, 7) is 2.74. The fraction of sp³-hybridized carbons (Fsp3) is 0.174. The second-order valence-corrected chi connectivity index (χ2v) is 7.92. The fourth-order valence-electron chi connectivity index (χ4n) is 3.52. The van der Waals surface area contributed by atoms with E-state index in [1.165, 1.54) is 11.5 Å². The first-order chi connectivity index (χ1) is 15.3. The van der Waals surface area contributed by atoms with E-state index in [1.807, 2.05) is 65.6 Å². The van der Waals surface area contributed by atoms with Crippen LogP contribution in [-0.2, 0) is 0 Å². The van der Waals surface area contributed by atoms with Crippen LogP contribution in [0.2, 0.25) is 0 Å². The number of carbonyl (C=O) groups excluding carboxylic acids is 1. The predicted molar refractivity (Wildman–Crippen MR) is 121 cm³/mol. The molecule has 1 amide bonds. The number of piperazine rings is 1. The van der Waals surface area contributed by atoms with Gasteiger partial charge in [-0.1, -0.05) is 36.4 Å². The first kappa shape index (κ1) is 19.3. The number of hydrogen-bond acceptors (Lipinski definition) is 7. The van der Waals surface area contributed by atoms with Crippen molar-refractivity contribution >= 4 is 22.6 Å². The van der Waals surface area contributed by atoms with Crippen LogP contribution in [-0.4, -0.2) is 56.3 Å². The van der Waals surface area contributed by atoms with Crippen LogP contribution in [0, 0.1) is 0 Å². The third kappa shape index (κ3) is 4.15. The monoisotopic (exact) mass is 428 g/mol. The molecular weight excluding hydrogens is 408 g/mol. The molecule has 0 atom stereocenters. The third-order valence-corrected chi connectivity index (χ3v) is 6.00. The van der Waals surface area contributed by atoms with E-state index in [-0.39, 0.29) is 5.91 Å². The Hall–Kier alpha value is -3.65. The Bertz CT molecular complexity index is 1160. The van der Waals surface area contributed by atoms with E-state index >= 15 is 0 Å². The van der Waals surface area contributed by atoms with Crippen molar-refractivity contribution in [2.24, 2.45) is 0 Å². The lowest BCUT2D eigenvalue weighted by Gasteiger charge is -2.34. The van der Waals surface area contributed by atoms with E-state index < -0.39 is 0 Å². The van der Waals surface area contributed by atoms with Crippen molar-refractivity contribution in [3.8, 4) is 22.8 Å². The van der Waals surface area contributed by atoms with Crippen LogP contribution in [0.25, 0.3) is 22.8 Å². The molecule has 154 valence electrons. The van der Waals surface area contributed by atoms with Crippen molar-refractivity contribution in [3.63, 3.8) is 0 Å². The number of nitrogens with zero attached hydrogens (tertiary/aromatic N) is 6. The van der Waals surface area contributed by atoms with Crippen LogP contribution in [0.15, 0.2) is 73.1 Å². The number of hydrogen-bond donors (Lipinski definition) is 0. The highest BCUT2D eigenvalue weighted by atomic mass is 32.1. The summed E-state index contributed by atoms with van der Waals surface area (Å²) >= 11 is 1.40. The number of anilines is 1. The topological polar surface area (TPSA) is 75.1 Å². The van der Waals surface area contributed by atoms with Crippen molar-refractivity contribution in [1.29, 1.82) is 0 Å². The maximum absolute atomic E-state index is 12.9. The Morgan fingerprint density at radius 1 is 0.839 bits per heavy atom. The summed E-state index contributed by atoms with van der Waals surface area (Å²) in [6, 6.07) is 19.3. The average molecular weight is 429 g/mol. The molecule has 0 aliphatic carbocycles. The minimum atomic E-state index is 0.00181. The van der Waals surface area contributed by atoms with Crippen LogP contribution in [0.5, 0.6) is 0 Å². The van der Waals surface area contributed by atoms with Crippen molar-refractivity contribution < 1.29 is 4.79 Å². The average Bonchev–Trinajstić information content (AvgIpc) is 3.35. The maximum atomic E-state index is 12.9. The molecule has 3 aromatic heterocycles. The Morgan fingerprint density at radius 2 is 1.61 bits per heavy atom. The lowest BCUT2D eigenvalue weighted by atomic mass is 10.2. The smallest absolute Gasteiger partial charge is 0.255 e. The normalized spacial score (nSPS) is 13.9. The first-order valence-electron chi connectivity index (χ1n) is 10.1. The van der Waals surface area contributed by atoms with Crippen molar-refractivity contribution in [1.82, 2.24) is 24.2 Å². The van der Waals surface area contributed by atoms with Crippen LogP contribution < -0.4 is 4.90 Å². The number of carbonyl (C=O) groups is 1. The molecule has 4 heterocycles. The molecule has 0 spiro atoms. The van der Waals surface area contributed by atoms with Crippen molar-refractivity contribution in [2.75, 3.05) is 31.1 Å². The summed E-state index contributed by atoms with van der Waals surface area (Å²) < 4.78 is 4.49. The molecule has 4 aromatic rings. The highest BCUT2D eigenvalue weighted by molar-refractivity contribution is 7.09. The molecule has 31 heavy (non-hydrogen) atoms. The van der Waals surface area contributed by atoms with Gasteiger partial charge in [-0.25, -0.2) is 0 Å². The molecule has 0 radical (unpaired) electrons. The lowest BCUT2D eigenvalue weighted by Crippen LogP contribution is -2.48. The van der Waals surface area contributed by atoms with Gasteiger partial charge in [-0.15, -0.1) is 0 Å². The number of amides is 1. The molecule has 1 saturated heterocycles. The predicted octanol–water partition coefficient (Wildman–Crippen LogP) is 3.62. The first-order valence-corrected chi connectivity index (χ1v) is 10.9. The molecule has 0 saturated carbocycles. The molecule has 0 N–H and O–H groups in total. The molecule has 1 aromatic carbocycles. The highest BCUT2D eigenvalue weighted by Gasteiger charge is 2.24. The Labute approximate surface area is 184 Å². The largest absolute Gasteiger partial charge is 0.343 e. The molecule has 0 unspecified atom stereocenters. The Kier molecular flexibility index (Phi) is 5.37. The second-order valence-electron chi connectivity index (χ2n) is 7.19. The van der Waals surface area contributed by atoms with Gasteiger partial charge in [-0.3, -0.25) is 14.8 Å². The number of rotatable bonds is 4. The van der Waals surface area contributed by atoms with Crippen LogP contribution in [0.3, 0.4) is 0 Å². The van der Waals surface area contributed by atoms with Gasteiger partial charge in [0.05, 0.1) is 17.0 Å². The highest BCUT2D eigenvalue weighted by Crippen LogP contribution is 2.25. The second kappa shape index (κ2) is 8.61. The summed E-state index contributed by atoms with van der Waals surface area (Å²) in [5.41, 5.74) is 3.16. The zero-order valence-electron chi connectivity index (χ0n) is 16.8. The summed E-state index contributed by atoms with van der Waals surface area (Å²) in [4.78, 5) is 30.4. The van der Waals surface area contributed by atoms with Gasteiger partial charge in [0.1, 0.15) is 0 Å². The summed E-state index contributed by atoms with van der Waals surface area (Å²) in [6.07, 6.45) is 3.37. The van der Waals surface area contributed by atoms with Gasteiger partial charge >= 0.3 is 0 Å². The van der Waals surface area contributed by atoms with Crippen LogP contribution in [0.1, 0.15) is 10.4 Å². The van der Waals surface area contributed by atoms with E-state index in [9.17, 15) is 4.79 Å². The molecule has 0 bridgehead atoms. The molecule has 5 rings (SSSR count). The third-order valence-electron chi connectivity index (χ3n) is 5.22. The van der Waals surface area contributed by atoms with Crippen LogP contribution >= 0.6 is 11.5 Å². The summed E-state index contributed by atoms with van der Waals surface area (Å²) in [5.74, 6) is 0.750. The summed E-state index contributed by atoms with van der Waals surface area (Å²) in [7, 11) is 0. The minimum absolute atomic E-state index is 0.00181. The standard InChI is InChI=1S/C23H20N6OS/c30-22(18-9-10-20(25-16-18)19-8-4-5-11-24-19)28-12-14-29(15-13-28)23-26-21(27-31-23)17-6-2-1-3-7-17/h1-11,16H,12-15H2. The quantitative estimate of drug-likeness (QED) is 0.494. The molecule has 1 aliphatic rings. The fourth-order valence-corrected chi connectivity index (χ4v) is 4.26. The maximum Gasteiger partial charge on any atom is 0.255 e. The van der Waals surface area contributed by atoms with Gasteiger partial charge in [0, 0.05) is 55.7 Å². The number of benzene rings is 1. The molecule has 1 aliphatic heterocycles. The Balaban J connectivity index is 1.22. The van der Waals surface area contributed by atoms with Gasteiger partial charge in [0.2, 0.25) is 5.13 Å². The minimum Gasteiger partial charge on any atom is -0.343 e. The van der Waals surface area contributed by atoms with Crippen molar-refractivity contribution in [3.05, 3.63) is 78.6 Å². The molecule has 7 nitrogen and oxygen atoms in total. The zero-order chi connectivity index (χ0) is 21.0. The summed E-state index contributed by atoms with van der Waals surface area (Å²) in [5, 5.41) is 0.896. The Morgan fingerprint density at radius 3 is 2.32 bits per heavy atom.